The summed E-state index contributed by atoms with van der Waals surface area (Å²) in [6, 6.07) is 8.38. The van der Waals surface area contributed by atoms with Gasteiger partial charge in [-0.05, 0) is 24.3 Å². The molecule has 9 nitrogen and oxygen atoms in total. The molecule has 1 aromatic carbocycles. The molecular weight excluding hydrogens is 362 g/mol. The minimum Gasteiger partial charge on any atom is -0.490 e. The lowest BCUT2D eigenvalue weighted by molar-refractivity contribution is 0.101. The first-order chi connectivity index (χ1) is 13.7. The van der Waals surface area contributed by atoms with E-state index < -0.39 is 11.5 Å². The van der Waals surface area contributed by atoms with E-state index in [1.807, 2.05) is 0 Å². The van der Waals surface area contributed by atoms with Crippen molar-refractivity contribution >= 4 is 22.5 Å². The van der Waals surface area contributed by atoms with E-state index in [1.165, 1.54) is 12.4 Å². The van der Waals surface area contributed by atoms with Crippen molar-refractivity contribution in [3.05, 3.63) is 64.8 Å². The summed E-state index contributed by atoms with van der Waals surface area (Å²) < 4.78 is 13.9. The van der Waals surface area contributed by atoms with E-state index in [1.54, 1.807) is 41.0 Å². The molecule has 140 valence electrons. The number of nitrogens with zero attached hydrogens (tertiary/aromatic N) is 4. The van der Waals surface area contributed by atoms with Crippen molar-refractivity contribution in [1.82, 2.24) is 19.3 Å². The van der Waals surface area contributed by atoms with Crippen molar-refractivity contribution in [3.63, 3.8) is 0 Å². The summed E-state index contributed by atoms with van der Waals surface area (Å²) in [6.45, 7) is 1.10. The van der Waals surface area contributed by atoms with Crippen LogP contribution in [-0.2, 0) is 0 Å². The summed E-state index contributed by atoms with van der Waals surface area (Å²) in [7, 11) is 0. The molecule has 4 aromatic rings. The predicted molar refractivity (Wildman–Crippen MR) is 100 cm³/mol. The first-order valence-corrected chi connectivity index (χ1v) is 8.76. The summed E-state index contributed by atoms with van der Waals surface area (Å²) in [5.41, 5.74) is 3.81. The second kappa shape index (κ2) is 6.38. The normalized spacial score (nSPS) is 13.4. The standard InChI is InChI=1S/C19H15N5O4/c25-18(12-2-3-15-16(10-12)28-9-1-8-27-15)22-23-7-5-14-13(19(23)26)11-20-17-4-6-21-24(14)17/h2-7,10-11H,1,8-9H2,(H,22,25). The van der Waals surface area contributed by atoms with Gasteiger partial charge < -0.3 is 9.47 Å². The predicted octanol–water partition coefficient (Wildman–Crippen LogP) is 1.59. The molecule has 1 N–H and O–H groups in total. The first-order valence-electron chi connectivity index (χ1n) is 8.76. The Morgan fingerprint density at radius 3 is 2.86 bits per heavy atom. The molecule has 28 heavy (non-hydrogen) atoms. The van der Waals surface area contributed by atoms with E-state index in [4.69, 9.17) is 9.47 Å². The van der Waals surface area contributed by atoms with Crippen LogP contribution < -0.4 is 20.5 Å². The van der Waals surface area contributed by atoms with Gasteiger partial charge in [0.25, 0.3) is 11.5 Å². The molecule has 0 bridgehead atoms. The molecule has 5 rings (SSSR count). The number of hydrogen-bond donors (Lipinski definition) is 1. The monoisotopic (exact) mass is 377 g/mol. The van der Waals surface area contributed by atoms with Gasteiger partial charge in [0.2, 0.25) is 0 Å². The Morgan fingerprint density at radius 1 is 1.11 bits per heavy atom. The van der Waals surface area contributed by atoms with Gasteiger partial charge in [0.1, 0.15) is 0 Å². The number of hydrogen-bond acceptors (Lipinski definition) is 6. The highest BCUT2D eigenvalue weighted by atomic mass is 16.5. The highest BCUT2D eigenvalue weighted by molar-refractivity contribution is 6.00. The lowest BCUT2D eigenvalue weighted by Gasteiger charge is -2.11. The van der Waals surface area contributed by atoms with Crippen LogP contribution >= 0.6 is 0 Å². The van der Waals surface area contributed by atoms with Crippen LogP contribution in [-0.4, -0.2) is 38.4 Å². The maximum atomic E-state index is 12.8. The molecule has 1 aliphatic rings. The number of ether oxygens (including phenoxy) is 2. The summed E-state index contributed by atoms with van der Waals surface area (Å²) in [6.07, 6.45) is 5.36. The number of benzene rings is 1. The third-order valence-electron chi connectivity index (χ3n) is 4.52. The molecule has 0 atom stereocenters. The van der Waals surface area contributed by atoms with Gasteiger partial charge in [-0.25, -0.2) is 14.2 Å². The molecule has 0 spiro atoms. The number of fused-ring (bicyclic) bond motifs is 4. The fourth-order valence-corrected chi connectivity index (χ4v) is 3.12. The first kappa shape index (κ1) is 16.3. The van der Waals surface area contributed by atoms with Crippen LogP contribution in [0, 0.1) is 0 Å². The molecular formula is C19H15N5O4. The summed E-state index contributed by atoms with van der Waals surface area (Å²) in [5.74, 6) is 0.678. The van der Waals surface area contributed by atoms with Gasteiger partial charge in [0, 0.05) is 30.4 Å². The molecule has 9 heteroatoms. The fourth-order valence-electron chi connectivity index (χ4n) is 3.12. The van der Waals surface area contributed by atoms with Crippen LogP contribution in [0.2, 0.25) is 0 Å². The van der Waals surface area contributed by atoms with Crippen LogP contribution in [0.5, 0.6) is 11.5 Å². The van der Waals surface area contributed by atoms with Gasteiger partial charge in [0.05, 0.1) is 30.3 Å². The maximum Gasteiger partial charge on any atom is 0.280 e. The van der Waals surface area contributed by atoms with Crippen molar-refractivity contribution in [1.29, 1.82) is 0 Å². The van der Waals surface area contributed by atoms with E-state index in [9.17, 15) is 9.59 Å². The topological polar surface area (TPSA) is 99.8 Å². The molecule has 0 radical (unpaired) electrons. The number of amides is 1. The average Bonchev–Trinajstić information content (AvgIpc) is 3.07. The smallest absolute Gasteiger partial charge is 0.280 e. The zero-order valence-corrected chi connectivity index (χ0v) is 14.7. The number of aromatic nitrogens is 4. The molecule has 1 amide bonds. The highest BCUT2D eigenvalue weighted by Gasteiger charge is 2.15. The van der Waals surface area contributed by atoms with E-state index in [2.05, 4.69) is 15.5 Å². The highest BCUT2D eigenvalue weighted by Crippen LogP contribution is 2.30. The quantitative estimate of drug-likeness (QED) is 0.569. The Bertz CT molecular complexity index is 1280. The van der Waals surface area contributed by atoms with Gasteiger partial charge in [0.15, 0.2) is 17.1 Å². The zero-order chi connectivity index (χ0) is 19.1. The molecule has 0 saturated carbocycles. The van der Waals surface area contributed by atoms with Crippen LogP contribution in [0.4, 0.5) is 0 Å². The molecule has 4 heterocycles. The molecule has 1 aliphatic heterocycles. The summed E-state index contributed by atoms with van der Waals surface area (Å²) >= 11 is 0. The fraction of sp³-hybridized carbons (Fsp3) is 0.158. The van der Waals surface area contributed by atoms with Crippen molar-refractivity contribution in [2.75, 3.05) is 18.6 Å². The van der Waals surface area contributed by atoms with Gasteiger partial charge in [-0.3, -0.25) is 15.0 Å². The Kier molecular flexibility index (Phi) is 3.71. The van der Waals surface area contributed by atoms with Gasteiger partial charge in [-0.15, -0.1) is 0 Å². The minimum absolute atomic E-state index is 0.345. The van der Waals surface area contributed by atoms with E-state index in [-0.39, 0.29) is 0 Å². The molecule has 0 fully saturated rings. The van der Waals surface area contributed by atoms with E-state index >= 15 is 0 Å². The Balaban J connectivity index is 1.49. The zero-order valence-electron chi connectivity index (χ0n) is 14.7. The van der Waals surface area contributed by atoms with E-state index in [0.29, 0.717) is 46.8 Å². The molecule has 0 unspecified atom stereocenters. The minimum atomic E-state index is -0.440. The SMILES string of the molecule is O=C(Nn1ccc2c(cnc3ccnn32)c1=O)c1ccc2c(c1)OCCCO2. The Labute approximate surface area is 158 Å². The molecule has 3 aromatic heterocycles. The third-order valence-corrected chi connectivity index (χ3v) is 4.52. The van der Waals surface area contributed by atoms with Gasteiger partial charge >= 0.3 is 0 Å². The lowest BCUT2D eigenvalue weighted by atomic mass is 10.2. The lowest BCUT2D eigenvalue weighted by Crippen LogP contribution is -2.33. The van der Waals surface area contributed by atoms with Crippen molar-refractivity contribution in [3.8, 4) is 11.5 Å². The van der Waals surface area contributed by atoms with Crippen molar-refractivity contribution in [2.24, 2.45) is 0 Å². The van der Waals surface area contributed by atoms with E-state index in [0.717, 1.165) is 11.1 Å². The van der Waals surface area contributed by atoms with Crippen molar-refractivity contribution < 1.29 is 14.3 Å². The second-order valence-corrected chi connectivity index (χ2v) is 6.30. The Morgan fingerprint density at radius 2 is 1.96 bits per heavy atom. The second-order valence-electron chi connectivity index (χ2n) is 6.30. The number of pyridine rings is 1. The van der Waals surface area contributed by atoms with Crippen LogP contribution in [0.3, 0.4) is 0 Å². The maximum absolute atomic E-state index is 12.8. The molecule has 0 aliphatic carbocycles. The largest absolute Gasteiger partial charge is 0.490 e. The average molecular weight is 377 g/mol. The van der Waals surface area contributed by atoms with Gasteiger partial charge in [-0.1, -0.05) is 0 Å². The van der Waals surface area contributed by atoms with Crippen LogP contribution in [0.25, 0.3) is 16.6 Å². The number of carbonyl (C=O) groups excluding carboxylic acids is 1. The number of nitrogens with one attached hydrogen (secondary N) is 1. The van der Waals surface area contributed by atoms with Gasteiger partial charge in [-0.2, -0.15) is 5.10 Å². The van der Waals surface area contributed by atoms with Crippen LogP contribution in [0.1, 0.15) is 16.8 Å². The summed E-state index contributed by atoms with van der Waals surface area (Å²) in [5, 5.41) is 4.51. The number of rotatable bonds is 2. The Hall–Kier alpha value is -3.88. The molecule has 0 saturated heterocycles. The number of carbonyl (C=O) groups is 1. The third kappa shape index (κ3) is 2.64. The summed E-state index contributed by atoms with van der Waals surface area (Å²) in [4.78, 5) is 29.6. The van der Waals surface area contributed by atoms with Crippen molar-refractivity contribution in [2.45, 2.75) is 6.42 Å². The van der Waals surface area contributed by atoms with Crippen LogP contribution in [0.15, 0.2) is 53.7 Å².